The number of amides is 1. The highest BCUT2D eigenvalue weighted by Crippen LogP contribution is 2.22. The van der Waals surface area contributed by atoms with Gasteiger partial charge in [0.15, 0.2) is 0 Å². The van der Waals surface area contributed by atoms with Gasteiger partial charge in [-0.25, -0.2) is 0 Å². The number of nitrogens with one attached hydrogen (secondary N) is 1. The summed E-state index contributed by atoms with van der Waals surface area (Å²) in [5, 5.41) is 20.2. The van der Waals surface area contributed by atoms with Crippen LogP contribution in [0.1, 0.15) is 36.0 Å². The molecular weight excluding hydrogens is 272 g/mol. The second-order valence-corrected chi connectivity index (χ2v) is 5.35. The monoisotopic (exact) mass is 292 g/mol. The largest absolute Gasteiger partial charge is 0.396 e. The molecule has 5 heteroatoms. The van der Waals surface area contributed by atoms with Gasteiger partial charge in [-0.3, -0.25) is 4.79 Å². The molecule has 0 bridgehead atoms. The summed E-state index contributed by atoms with van der Waals surface area (Å²) in [6, 6.07) is 9.40. The van der Waals surface area contributed by atoms with Crippen molar-refractivity contribution in [3.8, 4) is 6.07 Å². The highest BCUT2D eigenvalue weighted by Gasteiger charge is 2.10. The van der Waals surface area contributed by atoms with Crippen molar-refractivity contribution in [3.63, 3.8) is 0 Å². The SMILES string of the molecule is N#CCSc1ccccc1C(=O)NCCCCCCO. The molecule has 0 spiro atoms. The molecule has 0 aliphatic rings. The topological polar surface area (TPSA) is 73.1 Å². The molecule has 1 aromatic carbocycles. The molecule has 0 atom stereocenters. The Morgan fingerprint density at radius 3 is 2.75 bits per heavy atom. The molecule has 0 fully saturated rings. The van der Waals surface area contributed by atoms with Crippen molar-refractivity contribution in [1.82, 2.24) is 5.32 Å². The van der Waals surface area contributed by atoms with Gasteiger partial charge in [0, 0.05) is 18.0 Å². The van der Waals surface area contributed by atoms with Gasteiger partial charge in [-0.05, 0) is 25.0 Å². The summed E-state index contributed by atoms with van der Waals surface area (Å²) in [7, 11) is 0. The number of nitriles is 1. The van der Waals surface area contributed by atoms with Crippen molar-refractivity contribution in [3.05, 3.63) is 29.8 Å². The number of aliphatic hydroxyl groups is 1. The Hall–Kier alpha value is -1.51. The minimum atomic E-state index is -0.0896. The standard InChI is InChI=1S/C15H20N2O2S/c16-9-12-20-14-8-4-3-7-13(14)15(19)17-10-5-1-2-6-11-18/h3-4,7-8,18H,1-2,5-6,10-12H2,(H,17,19). The number of hydrogen-bond acceptors (Lipinski definition) is 4. The van der Waals surface area contributed by atoms with Crippen LogP contribution in [0, 0.1) is 11.3 Å². The molecule has 0 aliphatic carbocycles. The smallest absolute Gasteiger partial charge is 0.252 e. The number of nitrogens with zero attached hydrogens (tertiary/aromatic N) is 1. The van der Waals surface area contributed by atoms with Crippen molar-refractivity contribution in [2.45, 2.75) is 30.6 Å². The first kappa shape index (κ1) is 16.5. The first-order valence-corrected chi connectivity index (χ1v) is 7.76. The number of aliphatic hydroxyl groups excluding tert-OH is 1. The van der Waals surface area contributed by atoms with Crippen LogP contribution in [0.4, 0.5) is 0 Å². The summed E-state index contributed by atoms with van der Waals surface area (Å²) < 4.78 is 0. The van der Waals surface area contributed by atoms with E-state index in [-0.39, 0.29) is 12.5 Å². The van der Waals surface area contributed by atoms with Crippen LogP contribution in [-0.2, 0) is 0 Å². The van der Waals surface area contributed by atoms with Gasteiger partial charge in [0.05, 0.1) is 17.4 Å². The third-order valence-corrected chi connectivity index (χ3v) is 3.73. The normalized spacial score (nSPS) is 10.0. The molecule has 2 N–H and O–H groups in total. The number of hydrogen-bond donors (Lipinski definition) is 2. The zero-order valence-corrected chi connectivity index (χ0v) is 12.3. The second-order valence-electron chi connectivity index (χ2n) is 4.34. The van der Waals surface area contributed by atoms with Crippen LogP contribution in [0.5, 0.6) is 0 Å². The summed E-state index contributed by atoms with van der Waals surface area (Å²) in [5.41, 5.74) is 0.628. The second kappa shape index (κ2) is 10.3. The third kappa shape index (κ3) is 6.09. The summed E-state index contributed by atoms with van der Waals surface area (Å²) in [4.78, 5) is 12.9. The van der Waals surface area contributed by atoms with Crippen molar-refractivity contribution in [2.24, 2.45) is 0 Å². The Kier molecular flexibility index (Phi) is 8.52. The van der Waals surface area contributed by atoms with Crippen LogP contribution in [0.25, 0.3) is 0 Å². The first-order chi connectivity index (χ1) is 9.79. The average Bonchev–Trinajstić information content (AvgIpc) is 2.48. The zero-order valence-electron chi connectivity index (χ0n) is 11.5. The number of rotatable bonds is 9. The molecule has 0 heterocycles. The third-order valence-electron chi connectivity index (χ3n) is 2.79. The van der Waals surface area contributed by atoms with Gasteiger partial charge < -0.3 is 10.4 Å². The van der Waals surface area contributed by atoms with Gasteiger partial charge in [-0.1, -0.05) is 25.0 Å². The molecule has 0 aromatic heterocycles. The van der Waals surface area contributed by atoms with Crippen molar-refractivity contribution in [2.75, 3.05) is 18.9 Å². The van der Waals surface area contributed by atoms with Crippen LogP contribution in [0.3, 0.4) is 0 Å². The van der Waals surface area contributed by atoms with Crippen LogP contribution in [-0.4, -0.2) is 29.9 Å². The maximum Gasteiger partial charge on any atom is 0.252 e. The lowest BCUT2D eigenvalue weighted by atomic mass is 10.2. The Labute approximate surface area is 124 Å². The summed E-state index contributed by atoms with van der Waals surface area (Å²) in [6.07, 6.45) is 3.73. The van der Waals surface area contributed by atoms with Crippen molar-refractivity contribution < 1.29 is 9.90 Å². The van der Waals surface area contributed by atoms with E-state index in [1.807, 2.05) is 18.2 Å². The van der Waals surface area contributed by atoms with Crippen molar-refractivity contribution in [1.29, 1.82) is 5.26 Å². The minimum absolute atomic E-state index is 0.0896. The first-order valence-electron chi connectivity index (χ1n) is 6.77. The van der Waals surface area contributed by atoms with E-state index in [0.29, 0.717) is 17.9 Å². The highest BCUT2D eigenvalue weighted by molar-refractivity contribution is 7.99. The number of carbonyl (C=O) groups excluding carboxylic acids is 1. The molecule has 20 heavy (non-hydrogen) atoms. The van der Waals surface area contributed by atoms with Crippen LogP contribution in [0.2, 0.25) is 0 Å². The van der Waals surface area contributed by atoms with Gasteiger partial charge in [0.25, 0.3) is 5.91 Å². The predicted octanol–water partition coefficient (Wildman–Crippen LogP) is 2.58. The lowest BCUT2D eigenvalue weighted by Gasteiger charge is -2.08. The number of carbonyl (C=O) groups is 1. The lowest BCUT2D eigenvalue weighted by molar-refractivity contribution is 0.0950. The van der Waals surface area contributed by atoms with Crippen LogP contribution in [0.15, 0.2) is 29.2 Å². The highest BCUT2D eigenvalue weighted by atomic mass is 32.2. The summed E-state index contributed by atoms with van der Waals surface area (Å²) in [5.74, 6) is 0.249. The Morgan fingerprint density at radius 2 is 2.00 bits per heavy atom. The van der Waals surface area contributed by atoms with E-state index in [0.717, 1.165) is 30.6 Å². The molecule has 0 saturated heterocycles. The Bertz CT molecular complexity index is 457. The van der Waals surface area contributed by atoms with Gasteiger partial charge >= 0.3 is 0 Å². The minimum Gasteiger partial charge on any atom is -0.396 e. The van der Waals surface area contributed by atoms with E-state index >= 15 is 0 Å². The number of thioether (sulfide) groups is 1. The zero-order chi connectivity index (χ0) is 14.6. The molecule has 0 radical (unpaired) electrons. The van der Waals surface area contributed by atoms with E-state index in [4.69, 9.17) is 10.4 Å². The van der Waals surface area contributed by atoms with E-state index in [2.05, 4.69) is 11.4 Å². The molecular formula is C15H20N2O2S. The summed E-state index contributed by atoms with van der Waals surface area (Å²) in [6.45, 7) is 0.872. The molecule has 0 aliphatic heterocycles. The molecule has 108 valence electrons. The molecule has 1 amide bonds. The quantitative estimate of drug-likeness (QED) is 0.542. The maximum absolute atomic E-state index is 12.1. The number of benzene rings is 1. The fraction of sp³-hybridized carbons (Fsp3) is 0.467. The van der Waals surface area contributed by atoms with Gasteiger partial charge in [0.2, 0.25) is 0 Å². The van der Waals surface area contributed by atoms with E-state index in [9.17, 15) is 4.79 Å². The molecule has 1 rings (SSSR count). The number of unbranched alkanes of at least 4 members (excludes halogenated alkanes) is 3. The maximum atomic E-state index is 12.1. The molecule has 4 nitrogen and oxygen atoms in total. The van der Waals surface area contributed by atoms with Crippen LogP contribution < -0.4 is 5.32 Å². The predicted molar refractivity (Wildman–Crippen MR) is 80.7 cm³/mol. The van der Waals surface area contributed by atoms with E-state index < -0.39 is 0 Å². The van der Waals surface area contributed by atoms with Gasteiger partial charge in [-0.15, -0.1) is 11.8 Å². The average molecular weight is 292 g/mol. The lowest BCUT2D eigenvalue weighted by Crippen LogP contribution is -2.25. The van der Waals surface area contributed by atoms with Gasteiger partial charge in [-0.2, -0.15) is 5.26 Å². The Balaban J connectivity index is 2.41. The molecule has 1 aromatic rings. The molecule has 0 saturated carbocycles. The molecule has 0 unspecified atom stereocenters. The van der Waals surface area contributed by atoms with E-state index in [1.165, 1.54) is 11.8 Å². The fourth-order valence-corrected chi connectivity index (χ4v) is 2.49. The van der Waals surface area contributed by atoms with Crippen LogP contribution >= 0.6 is 11.8 Å². The fourth-order valence-electron chi connectivity index (χ4n) is 1.78. The van der Waals surface area contributed by atoms with E-state index in [1.54, 1.807) is 6.07 Å². The van der Waals surface area contributed by atoms with Gasteiger partial charge in [0.1, 0.15) is 0 Å². The van der Waals surface area contributed by atoms with Crippen molar-refractivity contribution >= 4 is 17.7 Å². The Morgan fingerprint density at radius 1 is 1.25 bits per heavy atom. The summed E-state index contributed by atoms with van der Waals surface area (Å²) >= 11 is 1.38.